The van der Waals surface area contributed by atoms with Gasteiger partial charge in [0.05, 0.1) is 17.7 Å². The van der Waals surface area contributed by atoms with E-state index in [1.165, 1.54) is 11.8 Å². The van der Waals surface area contributed by atoms with Crippen LogP contribution in [0, 0.1) is 17.7 Å². The highest BCUT2D eigenvalue weighted by Gasteiger charge is 2.51. The first-order chi connectivity index (χ1) is 24.1. The molecule has 0 bridgehead atoms. The third-order valence-electron chi connectivity index (χ3n) is 10.3. The van der Waals surface area contributed by atoms with Crippen molar-refractivity contribution in [3.05, 3.63) is 101 Å². The van der Waals surface area contributed by atoms with Gasteiger partial charge in [0.25, 0.3) is 5.91 Å². The van der Waals surface area contributed by atoms with E-state index < -0.39 is 5.41 Å². The molecule has 3 aliphatic heterocycles. The van der Waals surface area contributed by atoms with Crippen LogP contribution in [0.15, 0.2) is 73.2 Å². The van der Waals surface area contributed by atoms with Crippen molar-refractivity contribution in [1.29, 1.82) is 5.41 Å². The molecule has 50 heavy (non-hydrogen) atoms. The largest absolute Gasteiger partial charge is 0.354 e. The van der Waals surface area contributed by atoms with Gasteiger partial charge in [-0.1, -0.05) is 36.4 Å². The molecule has 12 nitrogen and oxygen atoms in total. The molecule has 3 aliphatic rings. The van der Waals surface area contributed by atoms with Crippen LogP contribution in [0.4, 0.5) is 5.69 Å². The van der Waals surface area contributed by atoms with Crippen molar-refractivity contribution in [2.45, 2.75) is 26.2 Å². The number of anilines is 1. The van der Waals surface area contributed by atoms with Gasteiger partial charge in [0.1, 0.15) is 12.0 Å². The lowest BCUT2D eigenvalue weighted by molar-refractivity contribution is -0.132. The predicted octanol–water partition coefficient (Wildman–Crippen LogP) is 3.71. The Kier molecular flexibility index (Phi) is 8.87. The number of aromatic nitrogens is 4. The Bertz CT molecular complexity index is 2020. The summed E-state index contributed by atoms with van der Waals surface area (Å²) in [7, 11) is 3.40. The van der Waals surface area contributed by atoms with Crippen molar-refractivity contribution in [1.82, 2.24) is 34.9 Å². The van der Waals surface area contributed by atoms with Crippen LogP contribution < -0.4 is 10.2 Å². The molecule has 12 heteroatoms. The minimum atomic E-state index is -0.516. The molecule has 256 valence electrons. The molecule has 0 aliphatic carbocycles. The third kappa shape index (κ3) is 6.34. The van der Waals surface area contributed by atoms with Crippen LogP contribution in [0.2, 0.25) is 0 Å². The monoisotopic (exact) mass is 671 g/mol. The first-order valence-electron chi connectivity index (χ1n) is 17.0. The Morgan fingerprint density at radius 3 is 2.48 bits per heavy atom. The lowest BCUT2D eigenvalue weighted by Crippen LogP contribution is -2.43. The van der Waals surface area contributed by atoms with Gasteiger partial charge in [-0.05, 0) is 73.7 Å². The molecule has 7 rings (SSSR count). The first-order valence-corrected chi connectivity index (χ1v) is 17.0. The number of carbonyl (C=O) groups is 3. The van der Waals surface area contributed by atoms with Crippen molar-refractivity contribution in [3.63, 3.8) is 0 Å². The Labute approximate surface area is 291 Å². The number of hydrogen-bond acceptors (Lipinski definition) is 8. The molecule has 5 heterocycles. The van der Waals surface area contributed by atoms with E-state index >= 15 is 0 Å². The minimum absolute atomic E-state index is 0.0787. The van der Waals surface area contributed by atoms with Gasteiger partial charge in [-0.3, -0.25) is 34.4 Å². The van der Waals surface area contributed by atoms with E-state index in [2.05, 4.69) is 43.5 Å². The summed E-state index contributed by atoms with van der Waals surface area (Å²) >= 11 is 0. The number of carbonyl (C=O) groups excluding carboxylic acids is 3. The number of amides is 3. The van der Waals surface area contributed by atoms with Gasteiger partial charge in [-0.15, -0.1) is 0 Å². The SMILES string of the molecule is CNC(=O)c1cc(C(=N)c2cc(N3CC[C@]4(CCN(CC(=O)N5CC=C(c6ccc(-c7ncn(C)n7)cc6)CC5)C4)C3=O)ccc2C)ccn1. The fourth-order valence-electron chi connectivity index (χ4n) is 7.33. The molecule has 0 saturated carbocycles. The second-order valence-electron chi connectivity index (χ2n) is 13.5. The number of likely N-dealkylation sites (tertiary alicyclic amines) is 1. The smallest absolute Gasteiger partial charge is 0.269 e. The molecule has 2 saturated heterocycles. The molecule has 1 spiro atoms. The van der Waals surface area contributed by atoms with Gasteiger partial charge in [-0.2, -0.15) is 5.10 Å². The summed E-state index contributed by atoms with van der Waals surface area (Å²) in [4.78, 5) is 53.9. The van der Waals surface area contributed by atoms with Crippen molar-refractivity contribution < 1.29 is 14.4 Å². The standard InChI is InChI=1S/C38H41N9O3/c1-25-4-9-30(21-31(25)34(39)29-10-15-41-32(20-29)36(49)40-2)47-19-14-38(37(47)50)13-18-45(23-38)22-33(48)46-16-11-27(12-17-46)26-5-7-28(8-6-26)35-42-24-44(3)43-35/h4-11,15,20-21,24,39H,12-14,16-19,22-23H2,1-3H3,(H,40,49)/t38-/m0/s1. The zero-order valence-electron chi connectivity index (χ0n) is 28.6. The molecule has 3 amide bonds. The summed E-state index contributed by atoms with van der Waals surface area (Å²) in [5, 5.41) is 15.9. The lowest BCUT2D eigenvalue weighted by Gasteiger charge is -2.29. The molecule has 0 unspecified atom stereocenters. The molecular formula is C38H41N9O3. The van der Waals surface area contributed by atoms with Crippen LogP contribution in [0.25, 0.3) is 17.0 Å². The van der Waals surface area contributed by atoms with Crippen LogP contribution in [0.1, 0.15) is 52.0 Å². The highest BCUT2D eigenvalue weighted by molar-refractivity contribution is 6.13. The fraction of sp³-hybridized carbons (Fsp3) is 0.342. The maximum Gasteiger partial charge on any atom is 0.269 e. The zero-order valence-corrected chi connectivity index (χ0v) is 28.6. The summed E-state index contributed by atoms with van der Waals surface area (Å²) in [5.41, 5.74) is 6.27. The van der Waals surface area contributed by atoms with E-state index in [9.17, 15) is 14.4 Å². The summed E-state index contributed by atoms with van der Waals surface area (Å²) in [6, 6.07) is 17.3. The number of nitrogens with one attached hydrogen (secondary N) is 2. The molecule has 0 radical (unpaired) electrons. The van der Waals surface area contributed by atoms with Crippen LogP contribution in [0.5, 0.6) is 0 Å². The maximum absolute atomic E-state index is 14.0. The van der Waals surface area contributed by atoms with Gasteiger partial charge in [-0.25, -0.2) is 4.98 Å². The Morgan fingerprint density at radius 1 is 0.980 bits per heavy atom. The van der Waals surface area contributed by atoms with E-state index in [0.717, 1.165) is 41.6 Å². The number of hydrogen-bond donors (Lipinski definition) is 2. The van der Waals surface area contributed by atoms with Gasteiger partial charge >= 0.3 is 0 Å². The highest BCUT2D eigenvalue weighted by Crippen LogP contribution is 2.42. The summed E-state index contributed by atoms with van der Waals surface area (Å²) < 4.78 is 1.69. The van der Waals surface area contributed by atoms with Gasteiger partial charge in [0, 0.05) is 68.8 Å². The summed E-state index contributed by atoms with van der Waals surface area (Å²) in [6.07, 6.45) is 7.59. The first kappa shape index (κ1) is 33.0. The van der Waals surface area contributed by atoms with Gasteiger partial charge < -0.3 is 15.1 Å². The summed E-state index contributed by atoms with van der Waals surface area (Å²) in [6.45, 7) is 5.33. The quantitative estimate of drug-likeness (QED) is 0.272. The average Bonchev–Trinajstić information content (AvgIpc) is 3.86. The number of aryl methyl sites for hydroxylation is 2. The molecule has 2 aromatic heterocycles. The molecular weight excluding hydrogens is 630 g/mol. The minimum Gasteiger partial charge on any atom is -0.354 e. The predicted molar refractivity (Wildman–Crippen MR) is 191 cm³/mol. The zero-order chi connectivity index (χ0) is 35.0. The summed E-state index contributed by atoms with van der Waals surface area (Å²) in [5.74, 6) is 0.555. The maximum atomic E-state index is 14.0. The molecule has 4 aromatic rings. The number of nitrogens with zero attached hydrogens (tertiary/aromatic N) is 7. The second-order valence-corrected chi connectivity index (χ2v) is 13.5. The fourth-order valence-corrected chi connectivity index (χ4v) is 7.33. The van der Waals surface area contributed by atoms with Crippen molar-refractivity contribution in [3.8, 4) is 11.4 Å². The Morgan fingerprint density at radius 2 is 1.76 bits per heavy atom. The van der Waals surface area contributed by atoms with E-state index in [1.54, 1.807) is 30.2 Å². The number of rotatable bonds is 8. The molecule has 1 atom stereocenters. The van der Waals surface area contributed by atoms with E-state index in [1.807, 2.05) is 54.1 Å². The van der Waals surface area contributed by atoms with Gasteiger partial charge in [0.15, 0.2) is 5.82 Å². The third-order valence-corrected chi connectivity index (χ3v) is 10.3. The molecule has 2 aromatic carbocycles. The normalized spacial score (nSPS) is 19.3. The lowest BCUT2D eigenvalue weighted by atomic mass is 9.85. The number of pyridine rings is 1. The van der Waals surface area contributed by atoms with E-state index in [4.69, 9.17) is 5.41 Å². The van der Waals surface area contributed by atoms with Crippen LogP contribution in [0.3, 0.4) is 0 Å². The second kappa shape index (κ2) is 13.4. The molecule has 2 fully saturated rings. The molecule has 2 N–H and O–H groups in total. The van der Waals surface area contributed by atoms with Crippen LogP contribution >= 0.6 is 0 Å². The van der Waals surface area contributed by atoms with Crippen LogP contribution in [-0.4, -0.2) is 99.3 Å². The average molecular weight is 672 g/mol. The van der Waals surface area contributed by atoms with Crippen molar-refractivity contribution in [2.24, 2.45) is 12.5 Å². The van der Waals surface area contributed by atoms with Crippen molar-refractivity contribution in [2.75, 3.05) is 51.2 Å². The Hall–Kier alpha value is -5.49. The topological polar surface area (TPSA) is 140 Å². The Balaban J connectivity index is 0.964. The van der Waals surface area contributed by atoms with E-state index in [-0.39, 0.29) is 29.1 Å². The van der Waals surface area contributed by atoms with Crippen molar-refractivity contribution >= 4 is 34.7 Å². The van der Waals surface area contributed by atoms with E-state index in [0.29, 0.717) is 56.2 Å². The highest BCUT2D eigenvalue weighted by atomic mass is 16.2. The van der Waals surface area contributed by atoms with Crippen LogP contribution in [-0.2, 0) is 16.6 Å². The number of benzene rings is 2. The van der Waals surface area contributed by atoms with Gasteiger partial charge in [0.2, 0.25) is 11.8 Å².